The number of rotatable bonds is 8. The van der Waals surface area contributed by atoms with Crippen LogP contribution in [0, 0.1) is 11.8 Å². The summed E-state index contributed by atoms with van der Waals surface area (Å²) in [6.45, 7) is 4.89. The number of guanidine groups is 1. The van der Waals surface area contributed by atoms with Gasteiger partial charge in [0.15, 0.2) is 5.96 Å². The summed E-state index contributed by atoms with van der Waals surface area (Å²) < 4.78 is 5.04. The second-order valence-corrected chi connectivity index (χ2v) is 8.97. The van der Waals surface area contributed by atoms with Crippen molar-refractivity contribution in [2.45, 2.75) is 44.7 Å². The van der Waals surface area contributed by atoms with Crippen molar-refractivity contribution in [1.29, 1.82) is 0 Å². The fourth-order valence-corrected chi connectivity index (χ4v) is 5.18. The summed E-state index contributed by atoms with van der Waals surface area (Å²) in [6, 6.07) is 4.92. The highest BCUT2D eigenvalue weighted by atomic mass is 127. The molecule has 1 amide bonds. The van der Waals surface area contributed by atoms with Crippen LogP contribution in [0.25, 0.3) is 0 Å². The maximum Gasteiger partial charge on any atom is 0.407 e. The molecule has 0 bridgehead atoms. The summed E-state index contributed by atoms with van der Waals surface area (Å²) >= 11 is 1.84. The maximum atomic E-state index is 11.8. The number of thiophene rings is 1. The van der Waals surface area contributed by atoms with Crippen LogP contribution < -0.4 is 16.0 Å². The molecule has 0 aromatic carbocycles. The third-order valence-electron chi connectivity index (χ3n) is 5.86. The zero-order chi connectivity index (χ0) is 20.6. The normalized spacial score (nSPS) is 23.2. The average Bonchev–Trinajstić information content (AvgIpc) is 3.42. The van der Waals surface area contributed by atoms with E-state index >= 15 is 0 Å². The molecular weight excluding hydrogens is 513 g/mol. The number of hydrogen-bond donors (Lipinski definition) is 3. The number of alkyl carbamates (subject to hydrolysis) is 1. The van der Waals surface area contributed by atoms with Crippen LogP contribution >= 0.6 is 35.3 Å². The van der Waals surface area contributed by atoms with E-state index < -0.39 is 0 Å². The van der Waals surface area contributed by atoms with Crippen LogP contribution in [0.3, 0.4) is 0 Å². The van der Waals surface area contributed by atoms with E-state index in [1.54, 1.807) is 7.05 Å². The molecule has 3 unspecified atom stereocenters. The quantitative estimate of drug-likeness (QED) is 0.263. The van der Waals surface area contributed by atoms with Gasteiger partial charge in [-0.3, -0.25) is 9.89 Å². The molecule has 3 N–H and O–H groups in total. The zero-order valence-corrected chi connectivity index (χ0v) is 21.4. The monoisotopic (exact) mass is 549 g/mol. The Hall–Kier alpha value is -1.07. The summed E-state index contributed by atoms with van der Waals surface area (Å²) in [6.07, 6.45) is 4.41. The van der Waals surface area contributed by atoms with E-state index in [1.165, 1.54) is 17.7 Å². The molecule has 2 aliphatic rings. The Bertz CT molecular complexity index is 668. The number of carbonyl (C=O) groups excluding carboxylic acids is 1. The zero-order valence-electron chi connectivity index (χ0n) is 18.2. The van der Waals surface area contributed by atoms with Crippen LogP contribution in [0.4, 0.5) is 4.79 Å². The number of halogens is 1. The van der Waals surface area contributed by atoms with Gasteiger partial charge in [0.05, 0.1) is 12.6 Å². The Morgan fingerprint density at radius 1 is 1.37 bits per heavy atom. The van der Waals surface area contributed by atoms with Gasteiger partial charge in [0.1, 0.15) is 0 Å². The Labute approximate surface area is 201 Å². The number of piperidine rings is 1. The molecule has 3 rings (SSSR count). The van der Waals surface area contributed by atoms with Gasteiger partial charge in [0, 0.05) is 31.1 Å². The van der Waals surface area contributed by atoms with Gasteiger partial charge in [-0.15, -0.1) is 35.3 Å². The lowest BCUT2D eigenvalue weighted by molar-refractivity contribution is 0.125. The van der Waals surface area contributed by atoms with Crippen molar-refractivity contribution in [3.8, 4) is 0 Å². The van der Waals surface area contributed by atoms with E-state index in [2.05, 4.69) is 50.4 Å². The molecule has 7 nitrogen and oxygen atoms in total. The highest BCUT2D eigenvalue weighted by Crippen LogP contribution is 2.36. The van der Waals surface area contributed by atoms with Crippen molar-refractivity contribution in [2.24, 2.45) is 16.8 Å². The van der Waals surface area contributed by atoms with E-state index in [9.17, 15) is 4.79 Å². The van der Waals surface area contributed by atoms with Crippen LogP contribution in [-0.4, -0.2) is 63.3 Å². The van der Waals surface area contributed by atoms with Gasteiger partial charge in [-0.1, -0.05) is 6.07 Å². The molecule has 1 saturated heterocycles. The van der Waals surface area contributed by atoms with Crippen LogP contribution in [-0.2, 0) is 4.74 Å². The first-order valence-corrected chi connectivity index (χ1v) is 11.6. The molecule has 1 saturated carbocycles. The van der Waals surface area contributed by atoms with Gasteiger partial charge < -0.3 is 20.7 Å². The van der Waals surface area contributed by atoms with Gasteiger partial charge >= 0.3 is 6.09 Å². The van der Waals surface area contributed by atoms with Gasteiger partial charge in [-0.2, -0.15) is 0 Å². The first-order valence-electron chi connectivity index (χ1n) is 10.7. The predicted molar refractivity (Wildman–Crippen MR) is 134 cm³/mol. The Morgan fingerprint density at radius 2 is 2.17 bits per heavy atom. The number of carbonyl (C=O) groups is 1. The van der Waals surface area contributed by atoms with Crippen molar-refractivity contribution in [1.82, 2.24) is 20.9 Å². The average molecular weight is 550 g/mol. The van der Waals surface area contributed by atoms with Crippen LogP contribution in [0.5, 0.6) is 0 Å². The molecule has 1 aromatic heterocycles. The second-order valence-electron chi connectivity index (χ2n) is 7.99. The van der Waals surface area contributed by atoms with E-state index in [-0.39, 0.29) is 36.1 Å². The van der Waals surface area contributed by atoms with Gasteiger partial charge in [0.2, 0.25) is 0 Å². The number of hydrogen-bond acceptors (Lipinski definition) is 5. The molecule has 30 heavy (non-hydrogen) atoms. The molecule has 3 atom stereocenters. The number of aliphatic imine (C=N–C) groups is 1. The van der Waals surface area contributed by atoms with Gasteiger partial charge in [0.25, 0.3) is 0 Å². The number of amides is 1. The van der Waals surface area contributed by atoms with E-state index in [0.29, 0.717) is 31.0 Å². The highest BCUT2D eigenvalue weighted by Gasteiger charge is 2.33. The van der Waals surface area contributed by atoms with Gasteiger partial charge in [-0.05, 0) is 69.5 Å². The van der Waals surface area contributed by atoms with Crippen molar-refractivity contribution in [2.75, 3.05) is 40.3 Å². The third kappa shape index (κ3) is 7.26. The lowest BCUT2D eigenvalue weighted by atomic mass is 9.88. The summed E-state index contributed by atoms with van der Waals surface area (Å²) in [7, 11) is 4.02. The van der Waals surface area contributed by atoms with Crippen molar-refractivity contribution in [3.05, 3.63) is 22.4 Å². The summed E-state index contributed by atoms with van der Waals surface area (Å²) in [5, 5.41) is 12.1. The van der Waals surface area contributed by atoms with Crippen LogP contribution in [0.1, 0.15) is 43.5 Å². The smallest absolute Gasteiger partial charge is 0.407 e. The summed E-state index contributed by atoms with van der Waals surface area (Å²) in [5.74, 6) is 1.86. The molecule has 2 heterocycles. The molecular formula is C21H36IN5O2S. The largest absolute Gasteiger partial charge is 0.450 e. The molecule has 170 valence electrons. The fraction of sp³-hybridized carbons (Fsp3) is 0.714. The lowest BCUT2D eigenvalue weighted by Crippen LogP contribution is -2.49. The first-order chi connectivity index (χ1) is 14.1. The summed E-state index contributed by atoms with van der Waals surface area (Å²) in [5.41, 5.74) is 0. The number of likely N-dealkylation sites (tertiary alicyclic amines) is 1. The van der Waals surface area contributed by atoms with Gasteiger partial charge in [-0.25, -0.2) is 4.79 Å². The van der Waals surface area contributed by atoms with Crippen LogP contribution in [0.15, 0.2) is 22.5 Å². The van der Waals surface area contributed by atoms with Crippen molar-refractivity contribution >= 4 is 47.4 Å². The molecule has 1 aliphatic heterocycles. The van der Waals surface area contributed by atoms with E-state index in [1.807, 2.05) is 18.3 Å². The third-order valence-corrected chi connectivity index (χ3v) is 6.80. The number of nitrogens with zero attached hydrogens (tertiary/aromatic N) is 2. The van der Waals surface area contributed by atoms with Crippen molar-refractivity contribution in [3.63, 3.8) is 0 Å². The molecule has 1 aromatic rings. The minimum atomic E-state index is -0.335. The second kappa shape index (κ2) is 12.7. The fourth-order valence-electron chi connectivity index (χ4n) is 4.20. The Morgan fingerprint density at radius 3 is 2.80 bits per heavy atom. The first kappa shape index (κ1) is 25.2. The topological polar surface area (TPSA) is 78.0 Å². The van der Waals surface area contributed by atoms with E-state index in [0.717, 1.165) is 31.9 Å². The standard InChI is InChI=1S/C21H35N5O2S.HI/c1-4-28-21(27)25-17(15-9-10-15)14-24-20(22-2)23-13-16-7-5-11-26(3)19(16)18-8-6-12-29-18;/h6,8,12,15-17,19H,4-5,7,9-11,13-14H2,1-3H3,(H,25,27)(H2,22,23,24);1H. The van der Waals surface area contributed by atoms with Crippen molar-refractivity contribution < 1.29 is 9.53 Å². The Kier molecular flexibility index (Phi) is 10.7. The molecule has 0 spiro atoms. The van der Waals surface area contributed by atoms with E-state index in [4.69, 9.17) is 4.74 Å². The summed E-state index contributed by atoms with van der Waals surface area (Å²) in [4.78, 5) is 20.1. The number of ether oxygens (including phenoxy) is 1. The number of nitrogens with one attached hydrogen (secondary N) is 3. The minimum absolute atomic E-state index is 0. The molecule has 1 aliphatic carbocycles. The minimum Gasteiger partial charge on any atom is -0.450 e. The molecule has 2 fully saturated rings. The highest BCUT2D eigenvalue weighted by molar-refractivity contribution is 14.0. The molecule has 0 radical (unpaired) electrons. The van der Waals surface area contributed by atoms with Crippen LogP contribution in [0.2, 0.25) is 0 Å². The SMILES string of the molecule is CCOC(=O)NC(CNC(=NC)NCC1CCCN(C)C1c1cccs1)C1CC1.I. The molecule has 9 heteroatoms. The Balaban J connectivity index is 0.00000320. The lowest BCUT2D eigenvalue weighted by Gasteiger charge is -2.39. The maximum absolute atomic E-state index is 11.8. The predicted octanol–water partition coefficient (Wildman–Crippen LogP) is 3.44.